The number of benzene rings is 2. The summed E-state index contributed by atoms with van der Waals surface area (Å²) < 4.78 is 6.85. The molecule has 1 amide bonds. The summed E-state index contributed by atoms with van der Waals surface area (Å²) in [6.45, 7) is 0.398. The molecule has 2 aromatic heterocycles. The SMILES string of the molecule is COc1ccccc1CNC(=O)CSc1nc2ccccc2c2nnnn12. The van der Waals surface area contributed by atoms with Crippen molar-refractivity contribution in [2.75, 3.05) is 12.9 Å². The molecule has 0 bridgehead atoms. The molecule has 9 heteroatoms. The second kappa shape index (κ2) is 7.58. The summed E-state index contributed by atoms with van der Waals surface area (Å²) in [6, 6.07) is 15.2. The second-order valence-electron chi connectivity index (χ2n) is 5.70. The van der Waals surface area contributed by atoms with Gasteiger partial charge in [0, 0.05) is 17.5 Å². The van der Waals surface area contributed by atoms with Gasteiger partial charge in [0.05, 0.1) is 18.4 Å². The number of para-hydroxylation sites is 2. The topological polar surface area (TPSA) is 94.3 Å². The third-order valence-electron chi connectivity index (χ3n) is 4.01. The number of fused-ring (bicyclic) bond motifs is 3. The summed E-state index contributed by atoms with van der Waals surface area (Å²) in [5, 5.41) is 16.1. The van der Waals surface area contributed by atoms with Gasteiger partial charge < -0.3 is 10.1 Å². The zero-order valence-corrected chi connectivity index (χ0v) is 15.3. The molecule has 0 radical (unpaired) electrons. The molecule has 2 aromatic carbocycles. The van der Waals surface area contributed by atoms with Crippen LogP contribution >= 0.6 is 11.8 Å². The number of carbonyl (C=O) groups is 1. The first-order valence-electron chi connectivity index (χ1n) is 8.24. The molecule has 0 atom stereocenters. The lowest BCUT2D eigenvalue weighted by molar-refractivity contribution is -0.118. The highest BCUT2D eigenvalue weighted by molar-refractivity contribution is 7.99. The Morgan fingerprint density at radius 2 is 2.00 bits per heavy atom. The zero-order valence-electron chi connectivity index (χ0n) is 14.5. The quantitative estimate of drug-likeness (QED) is 0.404. The average molecular weight is 380 g/mol. The lowest BCUT2D eigenvalue weighted by Crippen LogP contribution is -2.25. The molecule has 136 valence electrons. The van der Waals surface area contributed by atoms with E-state index in [0.29, 0.717) is 17.3 Å². The molecule has 4 rings (SSSR count). The highest BCUT2D eigenvalue weighted by Crippen LogP contribution is 2.22. The summed E-state index contributed by atoms with van der Waals surface area (Å²) >= 11 is 1.29. The van der Waals surface area contributed by atoms with Gasteiger partial charge in [-0.3, -0.25) is 4.79 Å². The summed E-state index contributed by atoms with van der Waals surface area (Å²) in [6.07, 6.45) is 0. The van der Waals surface area contributed by atoms with Gasteiger partial charge in [-0.05, 0) is 28.6 Å². The van der Waals surface area contributed by atoms with E-state index in [0.717, 1.165) is 22.2 Å². The molecule has 0 aliphatic heterocycles. The summed E-state index contributed by atoms with van der Waals surface area (Å²) in [4.78, 5) is 16.8. The van der Waals surface area contributed by atoms with Gasteiger partial charge in [0.25, 0.3) is 0 Å². The average Bonchev–Trinajstić information content (AvgIpc) is 3.21. The van der Waals surface area contributed by atoms with E-state index < -0.39 is 0 Å². The Morgan fingerprint density at radius 1 is 1.19 bits per heavy atom. The monoisotopic (exact) mass is 380 g/mol. The molecule has 0 unspecified atom stereocenters. The van der Waals surface area contributed by atoms with Crippen LogP contribution in [0, 0.1) is 0 Å². The van der Waals surface area contributed by atoms with Crippen LogP contribution in [0.1, 0.15) is 5.56 Å². The highest BCUT2D eigenvalue weighted by atomic mass is 32.2. The van der Waals surface area contributed by atoms with Crippen LogP contribution in [0.4, 0.5) is 0 Å². The Bertz CT molecular complexity index is 1110. The smallest absolute Gasteiger partial charge is 0.230 e. The Hall–Kier alpha value is -3.20. The normalized spacial score (nSPS) is 11.0. The molecule has 4 aromatic rings. The Morgan fingerprint density at radius 3 is 2.89 bits per heavy atom. The van der Waals surface area contributed by atoms with Gasteiger partial charge >= 0.3 is 0 Å². The minimum Gasteiger partial charge on any atom is -0.496 e. The summed E-state index contributed by atoms with van der Waals surface area (Å²) in [7, 11) is 1.61. The fourth-order valence-corrected chi connectivity index (χ4v) is 3.48. The first kappa shape index (κ1) is 17.2. The van der Waals surface area contributed by atoms with E-state index in [1.54, 1.807) is 11.6 Å². The van der Waals surface area contributed by atoms with Crippen molar-refractivity contribution in [2.45, 2.75) is 11.7 Å². The van der Waals surface area contributed by atoms with E-state index >= 15 is 0 Å². The number of nitrogens with one attached hydrogen (secondary N) is 1. The molecule has 8 nitrogen and oxygen atoms in total. The third kappa shape index (κ3) is 3.54. The molecule has 2 heterocycles. The number of tetrazole rings is 1. The first-order valence-corrected chi connectivity index (χ1v) is 9.23. The standard InChI is InChI=1S/C18H16N6O2S/c1-26-15-9-5-2-6-12(15)10-19-16(25)11-27-18-20-14-8-4-3-7-13(14)17-21-22-23-24(17)18/h2-9H,10-11H2,1H3,(H,19,25). The van der Waals surface area contributed by atoms with Crippen LogP contribution in [0.25, 0.3) is 16.6 Å². The minimum absolute atomic E-state index is 0.109. The van der Waals surface area contributed by atoms with Crippen molar-refractivity contribution in [3.63, 3.8) is 0 Å². The molecular weight excluding hydrogens is 364 g/mol. The van der Waals surface area contributed by atoms with Crippen LogP contribution in [-0.4, -0.2) is 43.8 Å². The van der Waals surface area contributed by atoms with Gasteiger partial charge in [-0.25, -0.2) is 4.98 Å². The third-order valence-corrected chi connectivity index (χ3v) is 4.94. The number of thioether (sulfide) groups is 1. The van der Waals surface area contributed by atoms with E-state index in [4.69, 9.17) is 4.74 Å². The maximum absolute atomic E-state index is 12.3. The predicted octanol–water partition coefficient (Wildman–Crippen LogP) is 2.09. The molecular formula is C18H16N6O2S. The number of carbonyl (C=O) groups excluding carboxylic acids is 1. The summed E-state index contributed by atoms with van der Waals surface area (Å²) in [5.74, 6) is 0.842. The van der Waals surface area contributed by atoms with E-state index in [2.05, 4.69) is 25.8 Å². The molecule has 0 saturated carbocycles. The summed E-state index contributed by atoms with van der Waals surface area (Å²) in [5.41, 5.74) is 2.33. The van der Waals surface area contributed by atoms with Crippen LogP contribution in [0.2, 0.25) is 0 Å². The van der Waals surface area contributed by atoms with Gasteiger partial charge in [0.15, 0.2) is 10.8 Å². The van der Waals surface area contributed by atoms with Crippen molar-refractivity contribution < 1.29 is 9.53 Å². The molecule has 0 spiro atoms. The lowest BCUT2D eigenvalue weighted by Gasteiger charge is -2.09. The van der Waals surface area contributed by atoms with Crippen LogP contribution in [0.5, 0.6) is 5.75 Å². The minimum atomic E-state index is -0.109. The number of amides is 1. The van der Waals surface area contributed by atoms with Crippen LogP contribution in [0.3, 0.4) is 0 Å². The van der Waals surface area contributed by atoms with Gasteiger partial charge in [-0.1, -0.05) is 42.1 Å². The molecule has 0 aliphatic rings. The number of hydrogen-bond acceptors (Lipinski definition) is 7. The number of rotatable bonds is 6. The lowest BCUT2D eigenvalue weighted by atomic mass is 10.2. The second-order valence-corrected chi connectivity index (χ2v) is 6.65. The van der Waals surface area contributed by atoms with Crippen LogP contribution in [-0.2, 0) is 11.3 Å². The fraction of sp³-hybridized carbons (Fsp3) is 0.167. The molecule has 0 aliphatic carbocycles. The van der Waals surface area contributed by atoms with Crippen LogP contribution in [0.15, 0.2) is 53.7 Å². The van der Waals surface area contributed by atoms with Gasteiger partial charge in [0.1, 0.15) is 5.75 Å². The molecule has 27 heavy (non-hydrogen) atoms. The number of methoxy groups -OCH3 is 1. The number of nitrogens with zero attached hydrogens (tertiary/aromatic N) is 5. The zero-order chi connectivity index (χ0) is 18.6. The fourth-order valence-electron chi connectivity index (χ4n) is 2.71. The number of ether oxygens (including phenoxy) is 1. The van der Waals surface area contributed by atoms with E-state index in [1.807, 2.05) is 48.5 Å². The Labute approximate surface area is 158 Å². The van der Waals surface area contributed by atoms with Crippen molar-refractivity contribution in [3.05, 3.63) is 54.1 Å². The predicted molar refractivity (Wildman–Crippen MR) is 102 cm³/mol. The highest BCUT2D eigenvalue weighted by Gasteiger charge is 2.13. The van der Waals surface area contributed by atoms with Crippen molar-refractivity contribution in [3.8, 4) is 5.75 Å². The van der Waals surface area contributed by atoms with E-state index in [-0.39, 0.29) is 11.7 Å². The van der Waals surface area contributed by atoms with Crippen molar-refractivity contribution >= 4 is 34.2 Å². The molecule has 0 fully saturated rings. The van der Waals surface area contributed by atoms with Crippen LogP contribution < -0.4 is 10.1 Å². The maximum atomic E-state index is 12.3. The van der Waals surface area contributed by atoms with Crippen molar-refractivity contribution in [1.82, 2.24) is 30.3 Å². The van der Waals surface area contributed by atoms with E-state index in [1.165, 1.54) is 11.8 Å². The van der Waals surface area contributed by atoms with Gasteiger partial charge in [-0.15, -0.1) is 5.10 Å². The van der Waals surface area contributed by atoms with Gasteiger partial charge in [-0.2, -0.15) is 4.52 Å². The largest absolute Gasteiger partial charge is 0.496 e. The first-order chi connectivity index (χ1) is 13.3. The van der Waals surface area contributed by atoms with Gasteiger partial charge in [0.2, 0.25) is 5.91 Å². The molecule has 1 N–H and O–H groups in total. The van der Waals surface area contributed by atoms with Crippen molar-refractivity contribution in [1.29, 1.82) is 0 Å². The number of aromatic nitrogens is 5. The number of hydrogen-bond donors (Lipinski definition) is 1. The maximum Gasteiger partial charge on any atom is 0.230 e. The Balaban J connectivity index is 1.46. The Kier molecular flexibility index (Phi) is 4.84. The van der Waals surface area contributed by atoms with E-state index in [9.17, 15) is 4.79 Å². The van der Waals surface area contributed by atoms with Crippen molar-refractivity contribution in [2.24, 2.45) is 0 Å². The molecule has 0 saturated heterocycles.